The molecule has 0 saturated carbocycles. The second-order valence-corrected chi connectivity index (χ2v) is 5.25. The summed E-state index contributed by atoms with van der Waals surface area (Å²) in [5.41, 5.74) is 2.14. The molecule has 0 heterocycles. The second kappa shape index (κ2) is 4.75. The van der Waals surface area contributed by atoms with Crippen molar-refractivity contribution in [3.05, 3.63) is 35.1 Å². The minimum atomic E-state index is -0.130. The lowest BCUT2D eigenvalue weighted by Crippen LogP contribution is -2.26. The fraction of sp³-hybridized carbons (Fsp3) is 0.538. The molecule has 1 aromatic rings. The molecule has 1 rings (SSSR count). The summed E-state index contributed by atoms with van der Waals surface area (Å²) in [4.78, 5) is 0. The number of halogens is 1. The summed E-state index contributed by atoms with van der Waals surface area (Å²) in [7, 11) is 0. The molecule has 1 N–H and O–H groups in total. The zero-order chi connectivity index (χ0) is 11.5. The summed E-state index contributed by atoms with van der Waals surface area (Å²) in [6.45, 7) is 10.1. The van der Waals surface area contributed by atoms with E-state index in [1.165, 1.54) is 6.07 Å². The SMILES string of the molecule is Cc1cc(CNCC(C)(C)C)ccc1F. The molecule has 2 heteroatoms. The van der Waals surface area contributed by atoms with Crippen LogP contribution in [0.3, 0.4) is 0 Å². The molecule has 0 radical (unpaired) electrons. The van der Waals surface area contributed by atoms with Gasteiger partial charge in [0.25, 0.3) is 0 Å². The fourth-order valence-corrected chi connectivity index (χ4v) is 1.40. The van der Waals surface area contributed by atoms with Crippen LogP contribution in [0.4, 0.5) is 4.39 Å². The van der Waals surface area contributed by atoms with E-state index < -0.39 is 0 Å². The van der Waals surface area contributed by atoms with E-state index in [9.17, 15) is 4.39 Å². The molecule has 15 heavy (non-hydrogen) atoms. The molecule has 0 spiro atoms. The Balaban J connectivity index is 2.48. The lowest BCUT2D eigenvalue weighted by atomic mass is 9.97. The maximum atomic E-state index is 13.0. The smallest absolute Gasteiger partial charge is 0.126 e. The first-order chi connectivity index (χ1) is 6.88. The molecule has 0 fully saturated rings. The number of rotatable bonds is 3. The van der Waals surface area contributed by atoms with Gasteiger partial charge in [-0.1, -0.05) is 32.9 Å². The average Bonchev–Trinajstić information content (AvgIpc) is 2.09. The molecule has 0 aromatic heterocycles. The molecular weight excluding hydrogens is 189 g/mol. The molecular formula is C13H20FN. The third-order valence-corrected chi connectivity index (χ3v) is 2.21. The van der Waals surface area contributed by atoms with Gasteiger partial charge in [0.15, 0.2) is 0 Å². The lowest BCUT2D eigenvalue weighted by Gasteiger charge is -2.18. The fourth-order valence-electron chi connectivity index (χ4n) is 1.40. The van der Waals surface area contributed by atoms with Crippen molar-refractivity contribution in [2.75, 3.05) is 6.54 Å². The first-order valence-electron chi connectivity index (χ1n) is 5.34. The van der Waals surface area contributed by atoms with Crippen molar-refractivity contribution in [2.24, 2.45) is 5.41 Å². The first-order valence-corrected chi connectivity index (χ1v) is 5.34. The molecule has 0 aliphatic carbocycles. The predicted octanol–water partition coefficient (Wildman–Crippen LogP) is 3.27. The van der Waals surface area contributed by atoms with Gasteiger partial charge in [0.05, 0.1) is 0 Å². The molecule has 0 amide bonds. The van der Waals surface area contributed by atoms with Crippen molar-refractivity contribution < 1.29 is 4.39 Å². The average molecular weight is 209 g/mol. The molecule has 0 aliphatic heterocycles. The predicted molar refractivity (Wildman–Crippen MR) is 62.3 cm³/mol. The summed E-state index contributed by atoms with van der Waals surface area (Å²) < 4.78 is 13.0. The van der Waals surface area contributed by atoms with Gasteiger partial charge in [-0.25, -0.2) is 4.39 Å². The Morgan fingerprint density at radius 3 is 2.47 bits per heavy atom. The topological polar surface area (TPSA) is 12.0 Å². The van der Waals surface area contributed by atoms with Crippen LogP contribution in [0.2, 0.25) is 0 Å². The minimum absolute atomic E-state index is 0.130. The van der Waals surface area contributed by atoms with Crippen LogP contribution < -0.4 is 5.32 Å². The molecule has 0 aliphatic rings. The van der Waals surface area contributed by atoms with Crippen molar-refractivity contribution in [1.29, 1.82) is 0 Å². The van der Waals surface area contributed by atoms with Crippen molar-refractivity contribution in [2.45, 2.75) is 34.2 Å². The Hall–Kier alpha value is -0.890. The molecule has 1 nitrogen and oxygen atoms in total. The van der Waals surface area contributed by atoms with Gasteiger partial charge in [0.1, 0.15) is 5.82 Å². The Kier molecular flexibility index (Phi) is 3.86. The van der Waals surface area contributed by atoms with E-state index in [0.29, 0.717) is 5.56 Å². The van der Waals surface area contributed by atoms with Crippen LogP contribution in [0.5, 0.6) is 0 Å². The summed E-state index contributed by atoms with van der Waals surface area (Å²) in [6.07, 6.45) is 0. The van der Waals surface area contributed by atoms with Crippen LogP contribution in [0, 0.1) is 18.2 Å². The highest BCUT2D eigenvalue weighted by molar-refractivity contribution is 5.23. The van der Waals surface area contributed by atoms with E-state index in [2.05, 4.69) is 26.1 Å². The van der Waals surface area contributed by atoms with E-state index in [1.807, 2.05) is 12.1 Å². The maximum Gasteiger partial charge on any atom is 0.126 e. The van der Waals surface area contributed by atoms with Gasteiger partial charge in [0, 0.05) is 13.1 Å². The van der Waals surface area contributed by atoms with Gasteiger partial charge < -0.3 is 5.32 Å². The van der Waals surface area contributed by atoms with Gasteiger partial charge in [0.2, 0.25) is 0 Å². The van der Waals surface area contributed by atoms with Crippen LogP contribution in [0.1, 0.15) is 31.9 Å². The van der Waals surface area contributed by atoms with Crippen molar-refractivity contribution in [3.63, 3.8) is 0 Å². The highest BCUT2D eigenvalue weighted by Crippen LogP contribution is 2.12. The van der Waals surface area contributed by atoms with Gasteiger partial charge in [-0.3, -0.25) is 0 Å². The summed E-state index contributed by atoms with van der Waals surface area (Å²) in [5, 5.41) is 3.37. The summed E-state index contributed by atoms with van der Waals surface area (Å²) >= 11 is 0. The normalized spacial score (nSPS) is 11.8. The third-order valence-electron chi connectivity index (χ3n) is 2.21. The molecule has 1 aromatic carbocycles. The lowest BCUT2D eigenvalue weighted by molar-refractivity contribution is 0.379. The Bertz CT molecular complexity index is 326. The van der Waals surface area contributed by atoms with Crippen LogP contribution in [-0.4, -0.2) is 6.54 Å². The first kappa shape index (κ1) is 12.2. The molecule has 0 saturated heterocycles. The van der Waals surface area contributed by atoms with Gasteiger partial charge in [-0.15, -0.1) is 0 Å². The Labute approximate surface area is 91.7 Å². The quantitative estimate of drug-likeness (QED) is 0.805. The minimum Gasteiger partial charge on any atom is -0.312 e. The van der Waals surface area contributed by atoms with Crippen LogP contribution in [-0.2, 0) is 6.54 Å². The van der Waals surface area contributed by atoms with Crippen molar-refractivity contribution in [3.8, 4) is 0 Å². The Morgan fingerprint density at radius 1 is 1.27 bits per heavy atom. The van der Waals surface area contributed by atoms with Gasteiger partial charge in [-0.05, 0) is 29.5 Å². The second-order valence-electron chi connectivity index (χ2n) is 5.25. The summed E-state index contributed by atoms with van der Waals surface area (Å²) in [5.74, 6) is -0.130. The number of hydrogen-bond donors (Lipinski definition) is 1. The highest BCUT2D eigenvalue weighted by atomic mass is 19.1. The van der Waals surface area contributed by atoms with E-state index in [4.69, 9.17) is 0 Å². The van der Waals surface area contributed by atoms with Crippen LogP contribution in [0.25, 0.3) is 0 Å². The number of aryl methyl sites for hydroxylation is 1. The van der Waals surface area contributed by atoms with Gasteiger partial charge in [-0.2, -0.15) is 0 Å². The van der Waals surface area contributed by atoms with Crippen molar-refractivity contribution in [1.82, 2.24) is 5.32 Å². The van der Waals surface area contributed by atoms with E-state index >= 15 is 0 Å². The Morgan fingerprint density at radius 2 is 1.93 bits per heavy atom. The van der Waals surface area contributed by atoms with E-state index in [1.54, 1.807) is 6.92 Å². The number of nitrogens with one attached hydrogen (secondary N) is 1. The van der Waals surface area contributed by atoms with E-state index in [0.717, 1.165) is 18.7 Å². The zero-order valence-corrected chi connectivity index (χ0v) is 10.0. The maximum absolute atomic E-state index is 13.0. The van der Waals surface area contributed by atoms with Gasteiger partial charge >= 0.3 is 0 Å². The summed E-state index contributed by atoms with van der Waals surface area (Å²) in [6, 6.07) is 5.26. The standard InChI is InChI=1S/C13H20FN/c1-10-7-11(5-6-12(10)14)8-15-9-13(2,3)4/h5-7,15H,8-9H2,1-4H3. The van der Waals surface area contributed by atoms with Crippen molar-refractivity contribution >= 4 is 0 Å². The van der Waals surface area contributed by atoms with E-state index in [-0.39, 0.29) is 11.2 Å². The molecule has 0 unspecified atom stereocenters. The van der Waals surface area contributed by atoms with Crippen LogP contribution >= 0.6 is 0 Å². The largest absolute Gasteiger partial charge is 0.312 e. The number of benzene rings is 1. The molecule has 0 bridgehead atoms. The monoisotopic (exact) mass is 209 g/mol. The highest BCUT2D eigenvalue weighted by Gasteiger charge is 2.08. The molecule has 84 valence electrons. The van der Waals surface area contributed by atoms with Crippen LogP contribution in [0.15, 0.2) is 18.2 Å². The third kappa shape index (κ3) is 4.43. The zero-order valence-electron chi connectivity index (χ0n) is 10.0. The molecule has 0 atom stereocenters. The number of hydrogen-bond acceptors (Lipinski definition) is 1.